The maximum absolute atomic E-state index is 6.31. The third-order valence-electron chi connectivity index (χ3n) is 3.44. The van der Waals surface area contributed by atoms with Gasteiger partial charge in [-0.15, -0.1) is 0 Å². The molecule has 0 aliphatic heterocycles. The zero-order valence-electron chi connectivity index (χ0n) is 13.0. The van der Waals surface area contributed by atoms with Crippen LogP contribution in [-0.2, 0) is 4.74 Å². The van der Waals surface area contributed by atoms with E-state index in [2.05, 4.69) is 38.2 Å². The summed E-state index contributed by atoms with van der Waals surface area (Å²) in [5.41, 5.74) is 1.22. The van der Waals surface area contributed by atoms with Crippen molar-refractivity contribution >= 4 is 11.6 Å². The van der Waals surface area contributed by atoms with Crippen molar-refractivity contribution in [3.8, 4) is 0 Å². The highest BCUT2D eigenvalue weighted by Gasteiger charge is 2.14. The SMILES string of the molecule is CCNCC(CCOCCC(C)C)c1ccccc1Cl. The number of hydrogen-bond acceptors (Lipinski definition) is 2. The van der Waals surface area contributed by atoms with Gasteiger partial charge in [0.2, 0.25) is 0 Å². The molecule has 0 spiro atoms. The summed E-state index contributed by atoms with van der Waals surface area (Å²) in [7, 11) is 0. The lowest BCUT2D eigenvalue weighted by molar-refractivity contribution is 0.116. The number of halogens is 1. The van der Waals surface area contributed by atoms with Crippen molar-refractivity contribution in [3.63, 3.8) is 0 Å². The Balaban J connectivity index is 2.46. The molecular formula is C17H28ClNO. The van der Waals surface area contributed by atoms with Gasteiger partial charge in [0.1, 0.15) is 0 Å². The molecule has 1 atom stereocenters. The largest absolute Gasteiger partial charge is 0.381 e. The minimum Gasteiger partial charge on any atom is -0.381 e. The minimum atomic E-state index is 0.419. The van der Waals surface area contributed by atoms with Gasteiger partial charge in [0, 0.05) is 24.8 Å². The van der Waals surface area contributed by atoms with E-state index in [4.69, 9.17) is 16.3 Å². The molecule has 1 aromatic carbocycles. The van der Waals surface area contributed by atoms with E-state index in [1.54, 1.807) is 0 Å². The maximum Gasteiger partial charge on any atom is 0.0472 e. The monoisotopic (exact) mass is 297 g/mol. The highest BCUT2D eigenvalue weighted by molar-refractivity contribution is 6.31. The highest BCUT2D eigenvalue weighted by Crippen LogP contribution is 2.26. The lowest BCUT2D eigenvalue weighted by Crippen LogP contribution is -2.22. The van der Waals surface area contributed by atoms with Gasteiger partial charge in [0.25, 0.3) is 0 Å². The second-order valence-corrected chi connectivity index (χ2v) is 6.02. The third kappa shape index (κ3) is 6.74. The number of rotatable bonds is 10. The van der Waals surface area contributed by atoms with Gasteiger partial charge in [-0.2, -0.15) is 0 Å². The van der Waals surface area contributed by atoms with Crippen LogP contribution in [0.5, 0.6) is 0 Å². The van der Waals surface area contributed by atoms with Crippen molar-refractivity contribution in [2.75, 3.05) is 26.3 Å². The Morgan fingerprint density at radius 1 is 1.15 bits per heavy atom. The molecule has 0 amide bonds. The van der Waals surface area contributed by atoms with Crippen LogP contribution in [0.1, 0.15) is 45.1 Å². The predicted octanol–water partition coefficient (Wildman–Crippen LogP) is 4.49. The minimum absolute atomic E-state index is 0.419. The Hall–Kier alpha value is -0.570. The molecule has 1 aromatic rings. The van der Waals surface area contributed by atoms with Crippen LogP contribution in [0.4, 0.5) is 0 Å². The third-order valence-corrected chi connectivity index (χ3v) is 3.78. The zero-order chi connectivity index (χ0) is 14.8. The molecule has 1 rings (SSSR count). The summed E-state index contributed by atoms with van der Waals surface area (Å²) in [6, 6.07) is 8.13. The number of likely N-dealkylation sites (N-methyl/N-ethyl adjacent to an activating group) is 1. The lowest BCUT2D eigenvalue weighted by atomic mass is 9.96. The molecule has 20 heavy (non-hydrogen) atoms. The molecule has 114 valence electrons. The molecule has 0 saturated heterocycles. The Bertz CT molecular complexity index is 368. The van der Waals surface area contributed by atoms with E-state index in [0.29, 0.717) is 11.8 Å². The number of nitrogens with one attached hydrogen (secondary N) is 1. The molecule has 0 radical (unpaired) electrons. The van der Waals surface area contributed by atoms with Crippen molar-refractivity contribution < 1.29 is 4.74 Å². The first-order valence-corrected chi connectivity index (χ1v) is 8.05. The summed E-state index contributed by atoms with van der Waals surface area (Å²) in [5, 5.41) is 4.28. The molecule has 0 aliphatic carbocycles. The number of ether oxygens (including phenoxy) is 1. The Kier molecular flexibility index (Phi) is 8.92. The van der Waals surface area contributed by atoms with E-state index in [-0.39, 0.29) is 0 Å². The quantitative estimate of drug-likeness (QED) is 0.643. The van der Waals surface area contributed by atoms with E-state index in [1.165, 1.54) is 5.56 Å². The molecular weight excluding hydrogens is 270 g/mol. The normalized spacial score (nSPS) is 12.8. The molecule has 0 heterocycles. The number of hydrogen-bond donors (Lipinski definition) is 1. The maximum atomic E-state index is 6.31. The van der Waals surface area contributed by atoms with Crippen molar-refractivity contribution in [1.82, 2.24) is 5.32 Å². The molecule has 0 aliphatic rings. The van der Waals surface area contributed by atoms with Gasteiger partial charge < -0.3 is 10.1 Å². The Morgan fingerprint density at radius 3 is 2.50 bits per heavy atom. The molecule has 2 nitrogen and oxygen atoms in total. The standard InChI is InChI=1S/C17H28ClNO/c1-4-19-13-15(10-12-20-11-9-14(2)3)16-7-5-6-8-17(16)18/h5-8,14-15,19H,4,9-13H2,1-3H3. The van der Waals surface area contributed by atoms with Crippen molar-refractivity contribution in [2.45, 2.75) is 39.5 Å². The first-order chi connectivity index (χ1) is 9.65. The average molecular weight is 298 g/mol. The summed E-state index contributed by atoms with van der Waals surface area (Å²) in [5.74, 6) is 1.12. The van der Waals surface area contributed by atoms with E-state index in [0.717, 1.165) is 44.2 Å². The van der Waals surface area contributed by atoms with E-state index >= 15 is 0 Å². The second-order valence-electron chi connectivity index (χ2n) is 5.61. The van der Waals surface area contributed by atoms with Gasteiger partial charge in [0.15, 0.2) is 0 Å². The fraction of sp³-hybridized carbons (Fsp3) is 0.647. The van der Waals surface area contributed by atoms with E-state index in [9.17, 15) is 0 Å². The van der Waals surface area contributed by atoms with Gasteiger partial charge in [-0.1, -0.05) is 50.6 Å². The highest BCUT2D eigenvalue weighted by atomic mass is 35.5. The molecule has 1 N–H and O–H groups in total. The fourth-order valence-corrected chi connectivity index (χ4v) is 2.43. The van der Waals surface area contributed by atoms with Gasteiger partial charge in [0.05, 0.1) is 0 Å². The molecule has 0 bridgehead atoms. The van der Waals surface area contributed by atoms with E-state index in [1.807, 2.05) is 12.1 Å². The molecule has 3 heteroatoms. The van der Waals surface area contributed by atoms with Crippen molar-refractivity contribution in [3.05, 3.63) is 34.9 Å². The van der Waals surface area contributed by atoms with Crippen LogP contribution >= 0.6 is 11.6 Å². The number of benzene rings is 1. The van der Waals surface area contributed by atoms with Crippen molar-refractivity contribution in [1.29, 1.82) is 0 Å². The molecule has 1 unspecified atom stereocenters. The van der Waals surface area contributed by atoms with Gasteiger partial charge in [-0.25, -0.2) is 0 Å². The van der Waals surface area contributed by atoms with Crippen LogP contribution in [0.2, 0.25) is 5.02 Å². The summed E-state index contributed by atoms with van der Waals surface area (Å²) in [6.07, 6.45) is 2.14. The first kappa shape index (κ1) is 17.5. The van der Waals surface area contributed by atoms with Crippen LogP contribution < -0.4 is 5.32 Å². The Labute approximate surface area is 128 Å². The van der Waals surface area contributed by atoms with Crippen LogP contribution in [0, 0.1) is 5.92 Å². The van der Waals surface area contributed by atoms with Gasteiger partial charge in [-0.3, -0.25) is 0 Å². The summed E-state index contributed by atoms with van der Waals surface area (Å²) in [6.45, 7) is 10.2. The van der Waals surface area contributed by atoms with Crippen LogP contribution in [0.25, 0.3) is 0 Å². The molecule has 0 aromatic heterocycles. The average Bonchev–Trinajstić information content (AvgIpc) is 2.42. The molecule has 0 fully saturated rings. The Morgan fingerprint density at radius 2 is 1.85 bits per heavy atom. The smallest absolute Gasteiger partial charge is 0.0472 e. The lowest BCUT2D eigenvalue weighted by Gasteiger charge is -2.19. The fourth-order valence-electron chi connectivity index (χ4n) is 2.14. The van der Waals surface area contributed by atoms with Gasteiger partial charge in [-0.05, 0) is 42.9 Å². The van der Waals surface area contributed by atoms with Crippen LogP contribution in [0.3, 0.4) is 0 Å². The summed E-state index contributed by atoms with van der Waals surface area (Å²) in [4.78, 5) is 0. The molecule has 0 saturated carbocycles. The first-order valence-electron chi connectivity index (χ1n) is 7.68. The van der Waals surface area contributed by atoms with Crippen LogP contribution in [0.15, 0.2) is 24.3 Å². The van der Waals surface area contributed by atoms with Crippen LogP contribution in [-0.4, -0.2) is 26.3 Å². The van der Waals surface area contributed by atoms with Gasteiger partial charge >= 0.3 is 0 Å². The van der Waals surface area contributed by atoms with Crippen molar-refractivity contribution in [2.24, 2.45) is 5.92 Å². The predicted molar refractivity (Wildman–Crippen MR) is 87.6 cm³/mol. The summed E-state index contributed by atoms with van der Waals surface area (Å²) >= 11 is 6.31. The summed E-state index contributed by atoms with van der Waals surface area (Å²) < 4.78 is 5.75. The zero-order valence-corrected chi connectivity index (χ0v) is 13.7. The topological polar surface area (TPSA) is 21.3 Å². The van der Waals surface area contributed by atoms with E-state index < -0.39 is 0 Å². The second kappa shape index (κ2) is 10.2.